The first-order chi connectivity index (χ1) is 10.4. The molecule has 0 bridgehead atoms. The van der Waals surface area contributed by atoms with E-state index in [1.165, 1.54) is 6.20 Å². The molecular weight excluding hydrogens is 284 g/mol. The molecule has 1 fully saturated rings. The van der Waals surface area contributed by atoms with Gasteiger partial charge in [-0.2, -0.15) is 0 Å². The third-order valence-electron chi connectivity index (χ3n) is 3.83. The van der Waals surface area contributed by atoms with E-state index in [2.05, 4.69) is 34.0 Å². The van der Waals surface area contributed by atoms with Crippen molar-refractivity contribution in [2.45, 2.75) is 26.7 Å². The van der Waals surface area contributed by atoms with Crippen molar-refractivity contribution in [1.82, 2.24) is 20.2 Å². The summed E-state index contributed by atoms with van der Waals surface area (Å²) in [5.41, 5.74) is -0.807. The number of amides is 1. The van der Waals surface area contributed by atoms with Gasteiger partial charge in [0, 0.05) is 31.4 Å². The number of H-pyrrole nitrogens is 2. The average molecular weight is 308 g/mol. The van der Waals surface area contributed by atoms with Crippen molar-refractivity contribution in [1.29, 1.82) is 0 Å². The van der Waals surface area contributed by atoms with Crippen LogP contribution in [0, 0.1) is 11.8 Å². The van der Waals surface area contributed by atoms with E-state index >= 15 is 0 Å². The Morgan fingerprint density at radius 3 is 2.91 bits per heavy atom. The van der Waals surface area contributed by atoms with Gasteiger partial charge in [0.1, 0.15) is 0 Å². The molecule has 1 aliphatic rings. The van der Waals surface area contributed by atoms with Crippen molar-refractivity contribution in [2.24, 2.45) is 11.8 Å². The molecule has 1 amide bonds. The van der Waals surface area contributed by atoms with Crippen LogP contribution in [0.25, 0.3) is 0 Å². The molecule has 3 N–H and O–H groups in total. The molecule has 1 aromatic heterocycles. The minimum atomic E-state index is -0.564. The number of rotatable bonds is 6. The lowest BCUT2D eigenvalue weighted by molar-refractivity contribution is -0.120. The highest BCUT2D eigenvalue weighted by Crippen LogP contribution is 2.16. The monoisotopic (exact) mass is 308 g/mol. The maximum Gasteiger partial charge on any atom is 0.325 e. The van der Waals surface area contributed by atoms with E-state index in [1.807, 2.05) is 0 Å². The number of likely N-dealkylation sites (tertiary alicyclic amines) is 1. The van der Waals surface area contributed by atoms with Gasteiger partial charge in [0.25, 0.3) is 5.56 Å². The number of hydrogen-bond acceptors (Lipinski definition) is 4. The van der Waals surface area contributed by atoms with E-state index in [1.54, 1.807) is 0 Å². The van der Waals surface area contributed by atoms with Crippen LogP contribution in [-0.2, 0) is 11.2 Å². The van der Waals surface area contributed by atoms with Gasteiger partial charge in [-0.05, 0) is 24.8 Å². The van der Waals surface area contributed by atoms with Gasteiger partial charge in [0.2, 0.25) is 5.91 Å². The maximum atomic E-state index is 11.9. The molecule has 0 spiro atoms. The predicted octanol–water partition coefficient (Wildman–Crippen LogP) is -0.300. The molecular formula is C15H24N4O3. The van der Waals surface area contributed by atoms with Crippen LogP contribution in [0.15, 0.2) is 15.8 Å². The summed E-state index contributed by atoms with van der Waals surface area (Å²) in [6, 6.07) is 0. The molecule has 1 aliphatic heterocycles. The van der Waals surface area contributed by atoms with Crippen LogP contribution >= 0.6 is 0 Å². The number of aromatic nitrogens is 2. The lowest BCUT2D eigenvalue weighted by Gasteiger charge is -2.18. The number of carbonyl (C=O) groups is 1. The van der Waals surface area contributed by atoms with Gasteiger partial charge in [-0.1, -0.05) is 13.8 Å². The van der Waals surface area contributed by atoms with Gasteiger partial charge >= 0.3 is 5.69 Å². The topological polar surface area (TPSA) is 98.1 Å². The van der Waals surface area contributed by atoms with Gasteiger partial charge in [0.05, 0.1) is 6.42 Å². The Labute approximate surface area is 129 Å². The first-order valence-electron chi connectivity index (χ1n) is 7.74. The van der Waals surface area contributed by atoms with Gasteiger partial charge in [-0.25, -0.2) is 4.79 Å². The zero-order chi connectivity index (χ0) is 16.1. The lowest BCUT2D eigenvalue weighted by atomic mass is 10.1. The Bertz CT molecular complexity index is 620. The van der Waals surface area contributed by atoms with Crippen LogP contribution in [0.3, 0.4) is 0 Å². The molecule has 1 aromatic rings. The highest BCUT2D eigenvalue weighted by Gasteiger charge is 2.23. The van der Waals surface area contributed by atoms with Crippen LogP contribution in [0.2, 0.25) is 0 Å². The van der Waals surface area contributed by atoms with Crippen LogP contribution in [0.5, 0.6) is 0 Å². The Morgan fingerprint density at radius 1 is 1.45 bits per heavy atom. The third kappa shape index (κ3) is 4.84. The van der Waals surface area contributed by atoms with Crippen LogP contribution in [0.1, 0.15) is 25.8 Å². The van der Waals surface area contributed by atoms with Crippen molar-refractivity contribution in [3.05, 3.63) is 32.6 Å². The Balaban J connectivity index is 1.76. The number of hydrogen-bond donors (Lipinski definition) is 3. The van der Waals surface area contributed by atoms with E-state index in [0.717, 1.165) is 26.1 Å². The van der Waals surface area contributed by atoms with E-state index < -0.39 is 11.2 Å². The summed E-state index contributed by atoms with van der Waals surface area (Å²) in [5.74, 6) is 0.928. The van der Waals surface area contributed by atoms with Gasteiger partial charge in [0.15, 0.2) is 0 Å². The molecule has 122 valence electrons. The summed E-state index contributed by atoms with van der Waals surface area (Å²) in [6.45, 7) is 8.23. The average Bonchev–Trinajstić information content (AvgIpc) is 2.86. The standard InChI is InChI=1S/C15H24N4O3/c1-10(2)8-19-4-3-11(9-19)6-16-13(20)5-12-7-17-15(22)18-14(12)21/h7,10-11H,3-6,8-9H2,1-2H3,(H,16,20)(H2,17,18,21,22)/t11-/m0/s1. The molecule has 0 aliphatic carbocycles. The normalized spacial score (nSPS) is 18.8. The molecule has 0 radical (unpaired) electrons. The highest BCUT2D eigenvalue weighted by atomic mass is 16.2. The SMILES string of the molecule is CC(C)CN1CC[C@@H](CNC(=O)Cc2c[nH]c(=O)[nH]c2=O)C1. The smallest absolute Gasteiger partial charge is 0.325 e. The summed E-state index contributed by atoms with van der Waals surface area (Å²) in [5, 5.41) is 2.88. The summed E-state index contributed by atoms with van der Waals surface area (Å²) < 4.78 is 0. The van der Waals surface area contributed by atoms with E-state index in [-0.39, 0.29) is 17.9 Å². The van der Waals surface area contributed by atoms with Crippen LogP contribution in [-0.4, -0.2) is 47.0 Å². The van der Waals surface area contributed by atoms with Crippen LogP contribution < -0.4 is 16.6 Å². The molecule has 0 aromatic carbocycles. The molecule has 1 atom stereocenters. The second-order valence-corrected chi connectivity index (χ2v) is 6.39. The minimum Gasteiger partial charge on any atom is -0.355 e. The molecule has 7 nitrogen and oxygen atoms in total. The van der Waals surface area contributed by atoms with Gasteiger partial charge < -0.3 is 15.2 Å². The summed E-state index contributed by atoms with van der Waals surface area (Å²) in [7, 11) is 0. The highest BCUT2D eigenvalue weighted by molar-refractivity contribution is 5.78. The fourth-order valence-electron chi connectivity index (χ4n) is 2.82. The first-order valence-corrected chi connectivity index (χ1v) is 7.74. The second-order valence-electron chi connectivity index (χ2n) is 6.39. The molecule has 0 saturated carbocycles. The molecule has 7 heteroatoms. The fourth-order valence-corrected chi connectivity index (χ4v) is 2.82. The Kier molecular flexibility index (Phi) is 5.54. The minimum absolute atomic E-state index is 0.0193. The van der Waals surface area contributed by atoms with Gasteiger partial charge in [-0.15, -0.1) is 0 Å². The van der Waals surface area contributed by atoms with E-state index in [9.17, 15) is 14.4 Å². The molecule has 2 heterocycles. The number of nitrogens with one attached hydrogen (secondary N) is 3. The largest absolute Gasteiger partial charge is 0.355 e. The van der Waals surface area contributed by atoms with Gasteiger partial charge in [-0.3, -0.25) is 14.6 Å². The molecule has 0 unspecified atom stereocenters. The molecule has 22 heavy (non-hydrogen) atoms. The van der Waals surface area contributed by atoms with Crippen molar-refractivity contribution in [3.63, 3.8) is 0 Å². The summed E-state index contributed by atoms with van der Waals surface area (Å²) >= 11 is 0. The van der Waals surface area contributed by atoms with Crippen LogP contribution in [0.4, 0.5) is 0 Å². The third-order valence-corrected chi connectivity index (χ3v) is 3.83. The molecule has 1 saturated heterocycles. The lowest BCUT2D eigenvalue weighted by Crippen LogP contribution is -2.34. The quantitative estimate of drug-likeness (QED) is 0.672. The van der Waals surface area contributed by atoms with E-state index in [4.69, 9.17) is 0 Å². The first kappa shape index (κ1) is 16.5. The summed E-state index contributed by atoms with van der Waals surface area (Å²) in [4.78, 5) is 41.2. The predicted molar refractivity (Wildman–Crippen MR) is 83.8 cm³/mol. The Morgan fingerprint density at radius 2 is 2.23 bits per heavy atom. The van der Waals surface area contributed by atoms with Crippen molar-refractivity contribution < 1.29 is 4.79 Å². The second kappa shape index (κ2) is 7.40. The van der Waals surface area contributed by atoms with Crippen molar-refractivity contribution in [3.8, 4) is 0 Å². The number of nitrogens with zero attached hydrogens (tertiary/aromatic N) is 1. The maximum absolute atomic E-state index is 11.9. The Hall–Kier alpha value is -1.89. The zero-order valence-electron chi connectivity index (χ0n) is 13.1. The summed E-state index contributed by atoms with van der Waals surface area (Å²) in [6.07, 6.45) is 2.36. The van der Waals surface area contributed by atoms with E-state index in [0.29, 0.717) is 18.4 Å². The zero-order valence-corrected chi connectivity index (χ0v) is 13.1. The molecule has 2 rings (SSSR count). The number of aromatic amines is 2. The van der Waals surface area contributed by atoms with Crippen molar-refractivity contribution in [2.75, 3.05) is 26.2 Å². The fraction of sp³-hybridized carbons (Fsp3) is 0.667. The van der Waals surface area contributed by atoms with Crippen molar-refractivity contribution >= 4 is 5.91 Å². The number of carbonyl (C=O) groups excluding carboxylic acids is 1.